The van der Waals surface area contributed by atoms with Crippen LogP contribution in [0.5, 0.6) is 5.75 Å². The highest BCUT2D eigenvalue weighted by molar-refractivity contribution is 14.0. The van der Waals surface area contributed by atoms with Crippen molar-refractivity contribution in [2.75, 3.05) is 46.5 Å². The quantitative estimate of drug-likeness (QED) is 0.283. The van der Waals surface area contributed by atoms with E-state index in [0.717, 1.165) is 62.6 Å². The van der Waals surface area contributed by atoms with Crippen LogP contribution in [0.1, 0.15) is 30.0 Å². The second kappa shape index (κ2) is 13.0. The van der Waals surface area contributed by atoms with Gasteiger partial charge in [0.25, 0.3) is 0 Å². The van der Waals surface area contributed by atoms with Gasteiger partial charge in [0.15, 0.2) is 5.96 Å². The Bertz CT molecular complexity index is 839. The lowest BCUT2D eigenvalue weighted by Crippen LogP contribution is -2.46. The molecular formula is C25H35IN4O2. The Labute approximate surface area is 208 Å². The van der Waals surface area contributed by atoms with E-state index in [1.165, 1.54) is 18.4 Å². The van der Waals surface area contributed by atoms with Gasteiger partial charge >= 0.3 is 0 Å². The van der Waals surface area contributed by atoms with Crippen LogP contribution in [0.15, 0.2) is 59.6 Å². The van der Waals surface area contributed by atoms with E-state index in [-0.39, 0.29) is 30.0 Å². The van der Waals surface area contributed by atoms with Gasteiger partial charge in [0.05, 0.1) is 25.9 Å². The first kappa shape index (κ1) is 24.8. The zero-order chi connectivity index (χ0) is 21.3. The number of hydrogen-bond donors (Lipinski definition) is 2. The number of benzene rings is 2. The number of aliphatic imine (C=N–C) groups is 1. The molecule has 2 aromatic rings. The monoisotopic (exact) mass is 550 g/mol. The summed E-state index contributed by atoms with van der Waals surface area (Å²) in [5, 5.41) is 6.99. The molecule has 1 saturated heterocycles. The Morgan fingerprint density at radius 1 is 1.06 bits per heavy atom. The maximum atomic E-state index is 6.04. The molecule has 32 heavy (non-hydrogen) atoms. The summed E-state index contributed by atoms with van der Waals surface area (Å²) in [6, 6.07) is 19.2. The highest BCUT2D eigenvalue weighted by atomic mass is 127. The normalized spacial score (nSPS) is 17.8. The summed E-state index contributed by atoms with van der Waals surface area (Å²) in [5.74, 6) is 2.50. The average molecular weight is 550 g/mol. The van der Waals surface area contributed by atoms with Crippen molar-refractivity contribution in [2.24, 2.45) is 10.9 Å². The van der Waals surface area contributed by atoms with Gasteiger partial charge in [-0.2, -0.15) is 0 Å². The zero-order valence-electron chi connectivity index (χ0n) is 18.8. The molecule has 0 aromatic heterocycles. The zero-order valence-corrected chi connectivity index (χ0v) is 21.2. The number of ether oxygens (including phenoxy) is 2. The van der Waals surface area contributed by atoms with E-state index in [2.05, 4.69) is 69.1 Å². The van der Waals surface area contributed by atoms with Crippen molar-refractivity contribution in [2.45, 2.75) is 25.4 Å². The van der Waals surface area contributed by atoms with Crippen LogP contribution in [-0.2, 0) is 11.3 Å². The summed E-state index contributed by atoms with van der Waals surface area (Å²) < 4.78 is 11.6. The van der Waals surface area contributed by atoms with Gasteiger partial charge in [-0.05, 0) is 30.4 Å². The Morgan fingerprint density at radius 2 is 1.78 bits per heavy atom. The summed E-state index contributed by atoms with van der Waals surface area (Å²) >= 11 is 0. The number of halogens is 1. The first-order valence-corrected chi connectivity index (χ1v) is 11.4. The number of morpholine rings is 1. The number of rotatable bonds is 9. The number of nitrogens with one attached hydrogen (secondary N) is 2. The molecule has 2 aromatic carbocycles. The molecule has 1 aliphatic carbocycles. The van der Waals surface area contributed by atoms with Crippen LogP contribution in [-0.4, -0.2) is 57.4 Å². The van der Waals surface area contributed by atoms with Gasteiger partial charge in [-0.3, -0.25) is 9.89 Å². The minimum Gasteiger partial charge on any atom is -0.493 e. The maximum Gasteiger partial charge on any atom is 0.191 e. The first-order valence-electron chi connectivity index (χ1n) is 11.4. The molecule has 2 fully saturated rings. The molecule has 0 bridgehead atoms. The van der Waals surface area contributed by atoms with Crippen molar-refractivity contribution in [1.82, 2.24) is 15.5 Å². The molecule has 1 unspecified atom stereocenters. The van der Waals surface area contributed by atoms with Crippen molar-refractivity contribution in [3.05, 3.63) is 65.7 Å². The van der Waals surface area contributed by atoms with E-state index >= 15 is 0 Å². The fourth-order valence-corrected chi connectivity index (χ4v) is 3.90. The molecule has 7 heteroatoms. The van der Waals surface area contributed by atoms with Crippen molar-refractivity contribution < 1.29 is 9.47 Å². The van der Waals surface area contributed by atoms with Gasteiger partial charge in [-0.25, -0.2) is 0 Å². The van der Waals surface area contributed by atoms with Crippen LogP contribution in [0, 0.1) is 5.92 Å². The third-order valence-electron chi connectivity index (χ3n) is 5.95. The average Bonchev–Trinajstić information content (AvgIpc) is 3.66. The fraction of sp³-hybridized carbons (Fsp3) is 0.480. The summed E-state index contributed by atoms with van der Waals surface area (Å²) in [7, 11) is 1.82. The largest absolute Gasteiger partial charge is 0.493 e. The SMILES string of the molecule is CN=C(NCc1ccccc1OCC1CC1)NCC(c1ccccc1)N1CCOCC1.I. The predicted molar refractivity (Wildman–Crippen MR) is 140 cm³/mol. The van der Waals surface area contributed by atoms with Gasteiger partial charge in [0.1, 0.15) is 5.75 Å². The van der Waals surface area contributed by atoms with Crippen LogP contribution in [0.3, 0.4) is 0 Å². The lowest BCUT2D eigenvalue weighted by Gasteiger charge is -2.35. The van der Waals surface area contributed by atoms with E-state index in [9.17, 15) is 0 Å². The van der Waals surface area contributed by atoms with Gasteiger partial charge in [-0.1, -0.05) is 48.5 Å². The summed E-state index contributed by atoms with van der Waals surface area (Å²) in [4.78, 5) is 6.92. The highest BCUT2D eigenvalue weighted by Gasteiger charge is 2.23. The van der Waals surface area contributed by atoms with Gasteiger partial charge in [0.2, 0.25) is 0 Å². The van der Waals surface area contributed by atoms with Gasteiger partial charge in [0, 0.05) is 38.8 Å². The first-order chi connectivity index (χ1) is 15.3. The number of para-hydroxylation sites is 1. The fourth-order valence-electron chi connectivity index (χ4n) is 3.90. The lowest BCUT2D eigenvalue weighted by molar-refractivity contribution is 0.0170. The predicted octanol–water partition coefficient (Wildman–Crippen LogP) is 3.83. The van der Waals surface area contributed by atoms with Crippen molar-refractivity contribution >= 4 is 29.9 Å². The third-order valence-corrected chi connectivity index (χ3v) is 5.95. The molecule has 0 amide bonds. The molecule has 0 radical (unpaired) electrons. The molecule has 6 nitrogen and oxygen atoms in total. The second-order valence-corrected chi connectivity index (χ2v) is 8.24. The summed E-state index contributed by atoms with van der Waals surface area (Å²) in [6.45, 7) is 5.74. The minimum absolute atomic E-state index is 0. The van der Waals surface area contributed by atoms with Crippen LogP contribution >= 0.6 is 24.0 Å². The summed E-state index contributed by atoms with van der Waals surface area (Å²) in [6.07, 6.45) is 2.59. The van der Waals surface area contributed by atoms with Crippen LogP contribution in [0.4, 0.5) is 0 Å². The molecule has 2 N–H and O–H groups in total. The van der Waals surface area contributed by atoms with E-state index in [1.807, 2.05) is 13.1 Å². The molecule has 1 atom stereocenters. The standard InChI is InChI=1S/C25H34N4O2.HI/c1-26-25(27-17-22-9-5-6-10-24(22)31-19-20-11-12-20)28-18-23(21-7-3-2-4-8-21)29-13-15-30-16-14-29;/h2-10,20,23H,11-19H2,1H3,(H2,26,27,28);1H. The van der Waals surface area contributed by atoms with Crippen molar-refractivity contribution in [3.8, 4) is 5.75 Å². The van der Waals surface area contributed by atoms with Crippen LogP contribution in [0.2, 0.25) is 0 Å². The van der Waals surface area contributed by atoms with Crippen molar-refractivity contribution in [1.29, 1.82) is 0 Å². The molecule has 4 rings (SSSR count). The van der Waals surface area contributed by atoms with E-state index in [0.29, 0.717) is 6.54 Å². The van der Waals surface area contributed by atoms with Crippen LogP contribution in [0.25, 0.3) is 0 Å². The lowest BCUT2D eigenvalue weighted by atomic mass is 10.0. The van der Waals surface area contributed by atoms with Gasteiger partial charge in [-0.15, -0.1) is 24.0 Å². The number of hydrogen-bond acceptors (Lipinski definition) is 4. The third kappa shape index (κ3) is 7.35. The van der Waals surface area contributed by atoms with E-state index in [4.69, 9.17) is 9.47 Å². The molecular weight excluding hydrogens is 515 g/mol. The second-order valence-electron chi connectivity index (χ2n) is 8.24. The smallest absolute Gasteiger partial charge is 0.191 e. The summed E-state index contributed by atoms with van der Waals surface area (Å²) in [5.41, 5.74) is 2.46. The van der Waals surface area contributed by atoms with Crippen molar-refractivity contribution in [3.63, 3.8) is 0 Å². The molecule has 1 aliphatic heterocycles. The Morgan fingerprint density at radius 3 is 2.50 bits per heavy atom. The van der Waals surface area contributed by atoms with Crippen LogP contribution < -0.4 is 15.4 Å². The Kier molecular flexibility index (Phi) is 10.1. The molecule has 1 heterocycles. The molecule has 2 aliphatic rings. The maximum absolute atomic E-state index is 6.04. The van der Waals surface area contributed by atoms with E-state index < -0.39 is 0 Å². The highest BCUT2D eigenvalue weighted by Crippen LogP contribution is 2.30. The van der Waals surface area contributed by atoms with E-state index in [1.54, 1.807) is 0 Å². The minimum atomic E-state index is 0. The Balaban J connectivity index is 0.00000289. The number of guanidine groups is 1. The molecule has 174 valence electrons. The molecule has 0 spiro atoms. The number of nitrogens with zero attached hydrogens (tertiary/aromatic N) is 2. The Hall–Kier alpha value is -1.84. The molecule has 1 saturated carbocycles. The topological polar surface area (TPSA) is 58.1 Å². The van der Waals surface area contributed by atoms with Gasteiger partial charge < -0.3 is 20.1 Å².